The summed E-state index contributed by atoms with van der Waals surface area (Å²) in [7, 11) is 0. The van der Waals surface area contributed by atoms with Gasteiger partial charge in [0.05, 0.1) is 16.9 Å². The first kappa shape index (κ1) is 29.5. The number of rotatable bonds is 5. The van der Waals surface area contributed by atoms with Crippen LogP contribution in [0.25, 0.3) is 69.9 Å². The molecule has 1 N–H and O–H groups in total. The average molecular weight is 670 g/mol. The van der Waals surface area contributed by atoms with Crippen molar-refractivity contribution in [2.24, 2.45) is 4.99 Å². The van der Waals surface area contributed by atoms with E-state index in [1.165, 1.54) is 47.5 Å². The van der Waals surface area contributed by atoms with Gasteiger partial charge in [-0.05, 0) is 46.0 Å². The third-order valence-corrected chi connectivity index (χ3v) is 11.1. The number of thiophene rings is 1. The highest BCUT2D eigenvalue weighted by Gasteiger charge is 2.22. The molecular weight excluding hydrogens is 639 g/mol. The number of nitrogens with one attached hydrogen (secondary N) is 1. The Morgan fingerprint density at radius 2 is 1.10 bits per heavy atom. The van der Waals surface area contributed by atoms with Gasteiger partial charge in [0.2, 0.25) is 0 Å². The average Bonchev–Trinajstić information content (AvgIpc) is 3.59. The van der Waals surface area contributed by atoms with E-state index in [0.717, 1.165) is 44.9 Å². The quantitative estimate of drug-likeness (QED) is 0.185. The lowest BCUT2D eigenvalue weighted by Gasteiger charge is -2.25. The maximum Gasteiger partial charge on any atom is 0.145 e. The van der Waals surface area contributed by atoms with E-state index in [4.69, 9.17) is 9.98 Å². The van der Waals surface area contributed by atoms with Crippen LogP contribution in [-0.4, -0.2) is 10.7 Å². The van der Waals surface area contributed by atoms with Gasteiger partial charge in [0.15, 0.2) is 0 Å². The zero-order valence-electron chi connectivity index (χ0n) is 27.6. The maximum absolute atomic E-state index is 5.29. The monoisotopic (exact) mass is 669 g/mol. The van der Waals surface area contributed by atoms with Crippen LogP contribution in [0.15, 0.2) is 181 Å². The van der Waals surface area contributed by atoms with Gasteiger partial charge in [0.25, 0.3) is 0 Å². The molecule has 4 heteroatoms. The molecule has 0 fully saturated rings. The Hall–Kier alpha value is -6.36. The SMILES string of the molecule is C1=C(c2ccc(-c3ccccc3)cc2)NC(c2ccc3c(c2)sc2c3ccc3c(-c4ccccc4)nc4ccccc4c32)N=C1c1ccccc1. The summed E-state index contributed by atoms with van der Waals surface area (Å²) in [6.45, 7) is 0. The van der Waals surface area contributed by atoms with Gasteiger partial charge in [-0.25, -0.2) is 4.98 Å². The molecule has 3 nitrogen and oxygen atoms in total. The predicted molar refractivity (Wildman–Crippen MR) is 216 cm³/mol. The maximum atomic E-state index is 5.29. The number of para-hydroxylation sites is 1. The first-order valence-electron chi connectivity index (χ1n) is 17.3. The molecule has 0 radical (unpaired) electrons. The summed E-state index contributed by atoms with van der Waals surface area (Å²) in [5, 5.41) is 9.96. The van der Waals surface area contributed by atoms with Crippen molar-refractivity contribution in [2.45, 2.75) is 6.17 Å². The molecule has 7 aromatic carbocycles. The number of allylic oxidation sites excluding steroid dienone is 1. The number of benzene rings is 7. The number of fused-ring (bicyclic) bond motifs is 7. The molecule has 1 aliphatic rings. The molecule has 0 spiro atoms. The summed E-state index contributed by atoms with van der Waals surface area (Å²) in [4.78, 5) is 10.5. The molecular formula is C47H31N3S. The van der Waals surface area contributed by atoms with E-state index in [1.807, 2.05) is 11.3 Å². The second kappa shape index (κ2) is 12.2. The van der Waals surface area contributed by atoms with Crippen LogP contribution in [0.2, 0.25) is 0 Å². The fourth-order valence-corrected chi connectivity index (χ4v) is 8.68. The highest BCUT2D eigenvalue weighted by atomic mass is 32.1. The molecule has 51 heavy (non-hydrogen) atoms. The van der Waals surface area contributed by atoms with E-state index in [1.54, 1.807) is 0 Å². The van der Waals surface area contributed by atoms with Gasteiger partial charge in [0, 0.05) is 47.6 Å². The Balaban J connectivity index is 1.10. The summed E-state index contributed by atoms with van der Waals surface area (Å²) in [5.41, 5.74) is 11.0. The van der Waals surface area contributed by atoms with Crippen molar-refractivity contribution in [1.82, 2.24) is 10.3 Å². The topological polar surface area (TPSA) is 37.3 Å². The normalized spacial score (nSPS) is 14.5. The lowest BCUT2D eigenvalue weighted by atomic mass is 9.97. The highest BCUT2D eigenvalue weighted by Crippen LogP contribution is 2.44. The molecule has 240 valence electrons. The van der Waals surface area contributed by atoms with Crippen LogP contribution in [0.4, 0.5) is 0 Å². The Morgan fingerprint density at radius 3 is 1.86 bits per heavy atom. The molecule has 1 atom stereocenters. The molecule has 0 saturated carbocycles. The smallest absolute Gasteiger partial charge is 0.145 e. The first-order chi connectivity index (χ1) is 25.3. The number of hydrogen-bond acceptors (Lipinski definition) is 4. The van der Waals surface area contributed by atoms with Gasteiger partial charge >= 0.3 is 0 Å². The second-order valence-corrected chi connectivity index (χ2v) is 14.0. The predicted octanol–water partition coefficient (Wildman–Crippen LogP) is 12.2. The summed E-state index contributed by atoms with van der Waals surface area (Å²) < 4.78 is 2.54. The summed E-state index contributed by atoms with van der Waals surface area (Å²) in [6, 6.07) is 60.3. The van der Waals surface area contributed by atoms with Gasteiger partial charge in [0.1, 0.15) is 6.17 Å². The van der Waals surface area contributed by atoms with Crippen LogP contribution in [0, 0.1) is 0 Å². The van der Waals surface area contributed by atoms with Crippen molar-refractivity contribution in [3.8, 4) is 22.4 Å². The van der Waals surface area contributed by atoms with Crippen LogP contribution in [0.1, 0.15) is 22.9 Å². The molecule has 9 aromatic rings. The molecule has 0 bridgehead atoms. The van der Waals surface area contributed by atoms with Gasteiger partial charge in [-0.2, -0.15) is 0 Å². The van der Waals surface area contributed by atoms with E-state index in [-0.39, 0.29) is 6.17 Å². The second-order valence-electron chi connectivity index (χ2n) is 13.0. The summed E-state index contributed by atoms with van der Waals surface area (Å²) in [5.74, 6) is 0. The molecule has 0 amide bonds. The third kappa shape index (κ3) is 5.20. The minimum atomic E-state index is -0.241. The summed E-state index contributed by atoms with van der Waals surface area (Å²) >= 11 is 1.86. The van der Waals surface area contributed by atoms with Crippen LogP contribution in [-0.2, 0) is 0 Å². The van der Waals surface area contributed by atoms with Crippen LogP contribution < -0.4 is 5.32 Å². The van der Waals surface area contributed by atoms with E-state index in [0.29, 0.717) is 0 Å². The van der Waals surface area contributed by atoms with E-state index in [2.05, 4.69) is 181 Å². The first-order valence-corrected chi connectivity index (χ1v) is 18.1. The fourth-order valence-electron chi connectivity index (χ4n) is 7.37. The third-order valence-electron chi connectivity index (χ3n) is 9.90. The van der Waals surface area contributed by atoms with Crippen molar-refractivity contribution in [1.29, 1.82) is 0 Å². The fraction of sp³-hybridized carbons (Fsp3) is 0.0213. The minimum Gasteiger partial charge on any atom is -0.360 e. The van der Waals surface area contributed by atoms with Crippen LogP contribution in [0.3, 0.4) is 0 Å². The van der Waals surface area contributed by atoms with Crippen molar-refractivity contribution < 1.29 is 0 Å². The number of pyridine rings is 1. The van der Waals surface area contributed by atoms with Crippen molar-refractivity contribution in [2.75, 3.05) is 0 Å². The number of hydrogen-bond donors (Lipinski definition) is 1. The van der Waals surface area contributed by atoms with E-state index >= 15 is 0 Å². The Labute approximate surface area is 299 Å². The number of nitrogens with zero attached hydrogens (tertiary/aromatic N) is 2. The molecule has 3 heterocycles. The van der Waals surface area contributed by atoms with Gasteiger partial charge in [-0.3, -0.25) is 4.99 Å². The highest BCUT2D eigenvalue weighted by molar-refractivity contribution is 7.26. The molecule has 2 aromatic heterocycles. The lowest BCUT2D eigenvalue weighted by Crippen LogP contribution is -2.24. The molecule has 0 saturated heterocycles. The Bertz CT molecular complexity index is 2800. The van der Waals surface area contributed by atoms with Crippen molar-refractivity contribution >= 4 is 64.6 Å². The Kier molecular flexibility index (Phi) is 7.07. The van der Waals surface area contributed by atoms with Gasteiger partial charge in [-0.15, -0.1) is 11.3 Å². The van der Waals surface area contributed by atoms with Crippen molar-refractivity contribution in [3.05, 3.63) is 193 Å². The summed E-state index contributed by atoms with van der Waals surface area (Å²) in [6.07, 6.45) is 1.94. The van der Waals surface area contributed by atoms with Crippen LogP contribution >= 0.6 is 11.3 Å². The van der Waals surface area contributed by atoms with E-state index < -0.39 is 0 Å². The van der Waals surface area contributed by atoms with E-state index in [9.17, 15) is 0 Å². The number of aromatic nitrogens is 1. The lowest BCUT2D eigenvalue weighted by molar-refractivity contribution is 0.665. The zero-order chi connectivity index (χ0) is 33.7. The standard InChI is InChI=1S/C47H31N3S/c1-4-12-30(13-5-1)31-20-22-33(23-21-31)42-29-41(32-14-6-2-7-15-32)49-47(50-42)35-24-25-36-37-26-27-39-44(46(37)51-43(36)28-35)38-18-10-11-19-40(38)48-45(39)34-16-8-3-9-17-34/h1-29,47,50H. The largest absolute Gasteiger partial charge is 0.360 e. The molecule has 10 rings (SSSR count). The number of aliphatic imine (C=N–C) groups is 1. The van der Waals surface area contributed by atoms with Gasteiger partial charge < -0.3 is 5.32 Å². The minimum absolute atomic E-state index is 0.241. The van der Waals surface area contributed by atoms with Gasteiger partial charge in [-0.1, -0.05) is 158 Å². The Morgan fingerprint density at radius 1 is 0.490 bits per heavy atom. The molecule has 1 aliphatic heterocycles. The van der Waals surface area contributed by atoms with Crippen LogP contribution in [0.5, 0.6) is 0 Å². The molecule has 0 aliphatic carbocycles. The van der Waals surface area contributed by atoms with Crippen molar-refractivity contribution in [3.63, 3.8) is 0 Å². The molecule has 1 unspecified atom stereocenters. The zero-order valence-corrected chi connectivity index (χ0v) is 28.4.